The molecular formula is C17H18ClNO3. The normalized spacial score (nSPS) is 13.5. The largest absolute Gasteiger partial charge is 0.486 e. The Morgan fingerprint density at radius 1 is 1.27 bits per heavy atom. The highest BCUT2D eigenvalue weighted by Gasteiger charge is 2.27. The van der Waals surface area contributed by atoms with Gasteiger partial charge in [0.15, 0.2) is 5.78 Å². The second kappa shape index (κ2) is 6.92. The van der Waals surface area contributed by atoms with Gasteiger partial charge in [-0.2, -0.15) is 0 Å². The Balaban J connectivity index is 1.95. The van der Waals surface area contributed by atoms with Crippen LogP contribution >= 0.6 is 11.6 Å². The summed E-state index contributed by atoms with van der Waals surface area (Å²) in [6, 6.07) is 13.8. The van der Waals surface area contributed by atoms with Gasteiger partial charge in [0.1, 0.15) is 18.1 Å². The quantitative estimate of drug-likeness (QED) is 0.803. The molecule has 0 spiro atoms. The molecule has 5 heteroatoms. The summed E-state index contributed by atoms with van der Waals surface area (Å²) in [4.78, 5) is 12.0. The summed E-state index contributed by atoms with van der Waals surface area (Å²) in [7, 11) is 0. The zero-order valence-electron chi connectivity index (χ0n) is 12.3. The molecule has 0 fully saturated rings. The van der Waals surface area contributed by atoms with Gasteiger partial charge in [0.2, 0.25) is 0 Å². The maximum atomic E-state index is 12.0. The van der Waals surface area contributed by atoms with Gasteiger partial charge in [-0.25, -0.2) is 0 Å². The van der Waals surface area contributed by atoms with Crippen LogP contribution in [0, 0.1) is 6.92 Å². The van der Waals surface area contributed by atoms with Gasteiger partial charge in [-0.05, 0) is 36.2 Å². The van der Waals surface area contributed by atoms with Crippen molar-refractivity contribution in [3.8, 4) is 5.75 Å². The third-order valence-corrected chi connectivity index (χ3v) is 3.50. The van der Waals surface area contributed by atoms with Crippen molar-refractivity contribution in [1.29, 1.82) is 0 Å². The molecule has 0 aliphatic heterocycles. The number of nitrogens with two attached hydrogens (primary N) is 1. The lowest BCUT2D eigenvalue weighted by molar-refractivity contribution is -0.126. The third kappa shape index (κ3) is 4.31. The Kier molecular flexibility index (Phi) is 5.19. The maximum absolute atomic E-state index is 12.0. The first kappa shape index (κ1) is 16.5. The molecular weight excluding hydrogens is 302 g/mol. The summed E-state index contributed by atoms with van der Waals surface area (Å²) in [6.45, 7) is 1.68. The number of rotatable bonds is 6. The zero-order chi connectivity index (χ0) is 16.2. The highest BCUT2D eigenvalue weighted by molar-refractivity contribution is 6.30. The van der Waals surface area contributed by atoms with Crippen molar-refractivity contribution in [2.75, 3.05) is 6.61 Å². The van der Waals surface area contributed by atoms with E-state index in [9.17, 15) is 9.90 Å². The fourth-order valence-electron chi connectivity index (χ4n) is 2.11. The number of ether oxygens (including phenoxy) is 1. The molecule has 2 aromatic carbocycles. The molecule has 2 aromatic rings. The average molecular weight is 320 g/mol. The highest BCUT2D eigenvalue weighted by atomic mass is 35.5. The first-order valence-corrected chi connectivity index (χ1v) is 7.24. The van der Waals surface area contributed by atoms with Gasteiger partial charge in [-0.3, -0.25) is 10.5 Å². The third-order valence-electron chi connectivity index (χ3n) is 3.27. The summed E-state index contributed by atoms with van der Waals surface area (Å²) >= 11 is 5.86. The molecule has 0 bridgehead atoms. The number of carbonyl (C=O) groups is 1. The fourth-order valence-corrected chi connectivity index (χ4v) is 2.34. The van der Waals surface area contributed by atoms with Gasteiger partial charge in [-0.1, -0.05) is 41.9 Å². The Labute approximate surface area is 134 Å². The van der Waals surface area contributed by atoms with Gasteiger partial charge in [0.05, 0.1) is 6.42 Å². The summed E-state index contributed by atoms with van der Waals surface area (Å²) in [5.74, 6) is 0.293. The van der Waals surface area contributed by atoms with E-state index in [1.165, 1.54) is 0 Å². The van der Waals surface area contributed by atoms with Crippen molar-refractivity contribution in [2.45, 2.75) is 19.1 Å². The van der Waals surface area contributed by atoms with E-state index in [0.717, 1.165) is 5.56 Å². The molecule has 0 aromatic heterocycles. The van der Waals surface area contributed by atoms with Crippen LogP contribution in [0.5, 0.6) is 5.75 Å². The van der Waals surface area contributed by atoms with E-state index in [1.807, 2.05) is 13.0 Å². The average Bonchev–Trinajstić information content (AvgIpc) is 2.47. The van der Waals surface area contributed by atoms with Crippen LogP contribution in [0.1, 0.15) is 17.5 Å². The number of halogens is 1. The first-order chi connectivity index (χ1) is 10.4. The van der Waals surface area contributed by atoms with E-state index in [4.69, 9.17) is 22.1 Å². The number of carbonyl (C=O) groups excluding carboxylic acids is 1. The predicted octanol–water partition coefficient (Wildman–Crippen LogP) is 2.79. The van der Waals surface area contributed by atoms with Gasteiger partial charge in [0, 0.05) is 5.02 Å². The van der Waals surface area contributed by atoms with E-state index >= 15 is 0 Å². The van der Waals surface area contributed by atoms with Crippen molar-refractivity contribution in [2.24, 2.45) is 5.73 Å². The highest BCUT2D eigenvalue weighted by Crippen LogP contribution is 2.23. The molecule has 3 N–H and O–H groups in total. The smallest absolute Gasteiger partial charge is 0.174 e. The molecule has 0 heterocycles. The number of hydrogen-bond acceptors (Lipinski definition) is 4. The Hall–Kier alpha value is -1.88. The standard InChI is InChI=1S/C17H18ClNO3/c1-12-9-14(18)7-8-16(12)22-11-15(20)10-17(19,21)13-5-3-2-4-6-13/h2-9,21H,10-11,19H2,1H3. The molecule has 4 nitrogen and oxygen atoms in total. The molecule has 1 unspecified atom stereocenters. The monoisotopic (exact) mass is 319 g/mol. The topological polar surface area (TPSA) is 72.5 Å². The minimum Gasteiger partial charge on any atom is -0.486 e. The van der Waals surface area contributed by atoms with Crippen LogP contribution in [0.4, 0.5) is 0 Å². The Morgan fingerprint density at radius 2 is 1.95 bits per heavy atom. The summed E-state index contributed by atoms with van der Waals surface area (Å²) in [6.07, 6.45) is -0.219. The van der Waals surface area contributed by atoms with Gasteiger partial charge in [-0.15, -0.1) is 0 Å². The molecule has 22 heavy (non-hydrogen) atoms. The van der Waals surface area contributed by atoms with Gasteiger partial charge in [0.25, 0.3) is 0 Å². The second-order valence-electron chi connectivity index (χ2n) is 5.20. The fraction of sp³-hybridized carbons (Fsp3) is 0.235. The molecule has 0 aliphatic rings. The lowest BCUT2D eigenvalue weighted by atomic mass is 9.98. The lowest BCUT2D eigenvalue weighted by Crippen LogP contribution is -2.39. The van der Waals surface area contributed by atoms with Gasteiger partial charge >= 0.3 is 0 Å². The molecule has 0 radical (unpaired) electrons. The van der Waals surface area contributed by atoms with Crippen LogP contribution in [0.15, 0.2) is 48.5 Å². The molecule has 0 aliphatic carbocycles. The van der Waals surface area contributed by atoms with Crippen molar-refractivity contribution in [3.63, 3.8) is 0 Å². The summed E-state index contributed by atoms with van der Waals surface area (Å²) in [5.41, 5.74) is 5.45. The zero-order valence-corrected chi connectivity index (χ0v) is 13.0. The van der Waals surface area contributed by atoms with Crippen LogP contribution in [-0.4, -0.2) is 17.5 Å². The van der Waals surface area contributed by atoms with Crippen molar-refractivity contribution >= 4 is 17.4 Å². The van der Waals surface area contributed by atoms with Crippen molar-refractivity contribution in [3.05, 3.63) is 64.7 Å². The molecule has 1 atom stereocenters. The molecule has 0 saturated carbocycles. The van der Waals surface area contributed by atoms with Crippen LogP contribution in [0.25, 0.3) is 0 Å². The van der Waals surface area contributed by atoms with E-state index in [0.29, 0.717) is 16.3 Å². The van der Waals surface area contributed by atoms with Crippen LogP contribution in [0.2, 0.25) is 5.02 Å². The van der Waals surface area contributed by atoms with E-state index in [2.05, 4.69) is 0 Å². The Bertz CT molecular complexity index is 656. The molecule has 0 saturated heterocycles. The maximum Gasteiger partial charge on any atom is 0.174 e. The molecule has 116 valence electrons. The van der Waals surface area contributed by atoms with Crippen LogP contribution in [-0.2, 0) is 10.5 Å². The van der Waals surface area contributed by atoms with Gasteiger partial charge < -0.3 is 9.84 Å². The number of aliphatic hydroxyl groups is 1. The first-order valence-electron chi connectivity index (χ1n) is 6.86. The SMILES string of the molecule is Cc1cc(Cl)ccc1OCC(=O)CC(N)(O)c1ccccc1. The summed E-state index contributed by atoms with van der Waals surface area (Å²) in [5, 5.41) is 10.8. The van der Waals surface area contributed by atoms with E-state index < -0.39 is 5.72 Å². The van der Waals surface area contributed by atoms with Crippen LogP contribution < -0.4 is 10.5 Å². The second-order valence-corrected chi connectivity index (χ2v) is 5.64. The van der Waals surface area contributed by atoms with Crippen molar-refractivity contribution < 1.29 is 14.6 Å². The molecule has 2 rings (SSSR count). The van der Waals surface area contributed by atoms with Crippen LogP contribution in [0.3, 0.4) is 0 Å². The minimum absolute atomic E-state index is 0.158. The minimum atomic E-state index is -1.70. The number of aryl methyl sites for hydroxylation is 1. The number of Topliss-reactive ketones (excluding diaryl/α,β-unsaturated/α-hetero) is 1. The predicted molar refractivity (Wildman–Crippen MR) is 85.8 cm³/mol. The van der Waals surface area contributed by atoms with E-state index in [1.54, 1.807) is 42.5 Å². The number of ketones is 1. The Morgan fingerprint density at radius 3 is 2.59 bits per heavy atom. The lowest BCUT2D eigenvalue weighted by Gasteiger charge is -2.22. The number of benzene rings is 2. The summed E-state index contributed by atoms with van der Waals surface area (Å²) < 4.78 is 5.46. The van der Waals surface area contributed by atoms with Crippen molar-refractivity contribution in [1.82, 2.24) is 0 Å². The number of hydrogen-bond donors (Lipinski definition) is 2. The molecule has 0 amide bonds. The van der Waals surface area contributed by atoms with E-state index in [-0.39, 0.29) is 18.8 Å².